The van der Waals surface area contributed by atoms with Crippen LogP contribution in [0.1, 0.15) is 38.2 Å². The minimum Gasteiger partial charge on any atom is -0.491 e. The molecule has 0 aromatic heterocycles. The van der Waals surface area contributed by atoms with Gasteiger partial charge in [0.15, 0.2) is 5.84 Å². The quantitative estimate of drug-likeness (QED) is 0.813. The second-order valence-corrected chi connectivity index (χ2v) is 7.51. The lowest BCUT2D eigenvalue weighted by molar-refractivity contribution is -0.132. The minimum atomic E-state index is -3.81. The Balaban J connectivity index is 1.76. The van der Waals surface area contributed by atoms with Crippen molar-refractivity contribution in [2.75, 3.05) is 17.9 Å². The van der Waals surface area contributed by atoms with Crippen LogP contribution in [-0.4, -0.2) is 44.3 Å². The molecule has 2 aliphatic rings. The molecule has 0 unspecified atom stereocenters. The van der Waals surface area contributed by atoms with Crippen molar-refractivity contribution in [3.63, 3.8) is 0 Å². The van der Waals surface area contributed by atoms with Crippen molar-refractivity contribution < 1.29 is 17.9 Å². The Bertz CT molecular complexity index is 806. The highest BCUT2D eigenvalue weighted by Crippen LogP contribution is 2.31. The Kier molecular flexibility index (Phi) is 4.85. The van der Waals surface area contributed by atoms with Crippen LogP contribution in [0, 0.1) is 0 Å². The van der Waals surface area contributed by atoms with Gasteiger partial charge in [0, 0.05) is 13.0 Å². The number of amidine groups is 1. The van der Waals surface area contributed by atoms with Gasteiger partial charge >= 0.3 is 10.2 Å². The van der Waals surface area contributed by atoms with Crippen LogP contribution in [0.3, 0.4) is 0 Å². The smallest absolute Gasteiger partial charge is 0.344 e. The number of hydrogen-bond acceptors (Lipinski definition) is 5. The third kappa shape index (κ3) is 3.71. The maximum atomic E-state index is 12.2. The van der Waals surface area contributed by atoms with Gasteiger partial charge in [0.05, 0.1) is 17.3 Å². The van der Waals surface area contributed by atoms with Crippen molar-refractivity contribution in [3.05, 3.63) is 23.8 Å². The van der Waals surface area contributed by atoms with Gasteiger partial charge in [0.2, 0.25) is 5.91 Å². The fourth-order valence-corrected chi connectivity index (χ4v) is 4.06. The summed E-state index contributed by atoms with van der Waals surface area (Å²) in [7, 11) is -3.81. The number of nitrogens with one attached hydrogen (secondary N) is 1. The van der Waals surface area contributed by atoms with Gasteiger partial charge in [-0.3, -0.25) is 9.52 Å². The van der Waals surface area contributed by atoms with E-state index in [9.17, 15) is 13.2 Å². The van der Waals surface area contributed by atoms with E-state index in [2.05, 4.69) is 9.12 Å². The molecule has 136 valence electrons. The summed E-state index contributed by atoms with van der Waals surface area (Å²) in [4.78, 5) is 14.1. The fraction of sp³-hybridized carbons (Fsp3) is 0.500. The summed E-state index contributed by atoms with van der Waals surface area (Å²) in [6.45, 7) is 3.08. The van der Waals surface area contributed by atoms with Gasteiger partial charge in [-0.05, 0) is 31.4 Å². The monoisotopic (exact) mass is 366 g/mol. The first-order chi connectivity index (χ1) is 11.9. The van der Waals surface area contributed by atoms with Crippen molar-refractivity contribution in [2.24, 2.45) is 10.1 Å². The van der Waals surface area contributed by atoms with Crippen molar-refractivity contribution in [3.8, 4) is 5.75 Å². The number of rotatable bonds is 5. The van der Waals surface area contributed by atoms with Crippen molar-refractivity contribution in [2.45, 2.75) is 38.6 Å². The van der Waals surface area contributed by atoms with Gasteiger partial charge in [0.1, 0.15) is 12.4 Å². The average molecular weight is 366 g/mol. The fourth-order valence-electron chi connectivity index (χ4n) is 3.22. The zero-order chi connectivity index (χ0) is 18.0. The second-order valence-electron chi connectivity index (χ2n) is 6.18. The number of anilines is 1. The number of benzene rings is 1. The molecule has 0 radical (unpaired) electrons. The molecule has 1 aromatic carbocycles. The molecule has 2 aliphatic heterocycles. The zero-order valence-corrected chi connectivity index (χ0v) is 14.9. The second kappa shape index (κ2) is 6.91. The van der Waals surface area contributed by atoms with E-state index in [1.54, 1.807) is 18.2 Å². The predicted octanol–water partition coefficient (Wildman–Crippen LogP) is 1.23. The molecule has 0 bridgehead atoms. The number of nitrogens with two attached hydrogens (primary N) is 1. The molecule has 8 nitrogen and oxygen atoms in total. The summed E-state index contributed by atoms with van der Waals surface area (Å²) in [5.74, 6) is 0.503. The molecule has 1 saturated heterocycles. The summed E-state index contributed by atoms with van der Waals surface area (Å²) < 4.78 is 34.9. The molecular weight excluding hydrogens is 344 g/mol. The molecule has 2 heterocycles. The first kappa shape index (κ1) is 17.5. The lowest BCUT2D eigenvalue weighted by Crippen LogP contribution is -2.39. The van der Waals surface area contributed by atoms with E-state index in [0.717, 1.165) is 25.8 Å². The highest BCUT2D eigenvalue weighted by Gasteiger charge is 2.30. The Morgan fingerprint density at radius 1 is 1.48 bits per heavy atom. The molecule has 1 aromatic rings. The van der Waals surface area contributed by atoms with Gasteiger partial charge in [0.25, 0.3) is 0 Å². The number of fused-ring (bicyclic) bond motifs is 1. The SMILES string of the molecule is CCCC(=O)N1CCC[C@@H]1COc1cccc2c1C(N)=NS(=O)(=O)N2. The number of hydrogen-bond donors (Lipinski definition) is 2. The van der Waals surface area contributed by atoms with Crippen LogP contribution in [-0.2, 0) is 15.0 Å². The number of likely N-dealkylation sites (tertiary alicyclic amines) is 1. The predicted molar refractivity (Wildman–Crippen MR) is 94.8 cm³/mol. The first-order valence-electron chi connectivity index (χ1n) is 8.35. The normalized spacial score (nSPS) is 21.2. The van der Waals surface area contributed by atoms with Crippen LogP contribution in [0.25, 0.3) is 0 Å². The minimum absolute atomic E-state index is 0.0216. The summed E-state index contributed by atoms with van der Waals surface area (Å²) in [5.41, 5.74) is 6.58. The highest BCUT2D eigenvalue weighted by molar-refractivity contribution is 7.91. The molecule has 0 aliphatic carbocycles. The van der Waals surface area contributed by atoms with Gasteiger partial charge in [-0.25, -0.2) is 0 Å². The van der Waals surface area contributed by atoms with Crippen LogP contribution in [0.15, 0.2) is 22.6 Å². The largest absolute Gasteiger partial charge is 0.491 e. The standard InChI is InChI=1S/C16H22N4O4S/c1-2-5-14(21)20-9-4-6-11(20)10-24-13-8-3-7-12-15(13)16(17)19-25(22,23)18-12/h3,7-8,11,18H,2,4-6,9-10H2,1H3,(H2,17,19)/t11-/m1/s1. The summed E-state index contributed by atoms with van der Waals surface area (Å²) in [6, 6.07) is 5.03. The average Bonchev–Trinajstić information content (AvgIpc) is 3.00. The van der Waals surface area contributed by atoms with Crippen LogP contribution >= 0.6 is 0 Å². The molecule has 3 rings (SSSR count). The zero-order valence-electron chi connectivity index (χ0n) is 14.1. The Morgan fingerprint density at radius 3 is 3.04 bits per heavy atom. The van der Waals surface area contributed by atoms with E-state index in [0.29, 0.717) is 30.0 Å². The third-order valence-electron chi connectivity index (χ3n) is 4.33. The number of carbonyl (C=O) groups excluding carboxylic acids is 1. The molecule has 0 saturated carbocycles. The van der Waals surface area contributed by atoms with Gasteiger partial charge < -0.3 is 15.4 Å². The van der Waals surface area contributed by atoms with E-state index in [4.69, 9.17) is 10.5 Å². The van der Waals surface area contributed by atoms with Crippen LogP contribution in [0.4, 0.5) is 5.69 Å². The third-order valence-corrected chi connectivity index (χ3v) is 5.25. The lowest BCUT2D eigenvalue weighted by atomic mass is 10.1. The van der Waals surface area contributed by atoms with E-state index < -0.39 is 10.2 Å². The van der Waals surface area contributed by atoms with Gasteiger partial charge in [-0.1, -0.05) is 13.0 Å². The topological polar surface area (TPSA) is 114 Å². The van der Waals surface area contributed by atoms with E-state index in [1.165, 1.54) is 0 Å². The van der Waals surface area contributed by atoms with Crippen LogP contribution in [0.5, 0.6) is 5.75 Å². The highest BCUT2D eigenvalue weighted by atomic mass is 32.2. The lowest BCUT2D eigenvalue weighted by Gasteiger charge is -2.26. The molecule has 25 heavy (non-hydrogen) atoms. The maximum absolute atomic E-state index is 12.2. The van der Waals surface area contributed by atoms with Crippen molar-refractivity contribution in [1.29, 1.82) is 0 Å². The molecule has 1 fully saturated rings. The number of carbonyl (C=O) groups is 1. The van der Waals surface area contributed by atoms with Crippen molar-refractivity contribution >= 4 is 27.6 Å². The van der Waals surface area contributed by atoms with Crippen LogP contribution < -0.4 is 15.2 Å². The summed E-state index contributed by atoms with van der Waals surface area (Å²) in [5, 5.41) is 0. The van der Waals surface area contributed by atoms with Gasteiger partial charge in [-0.2, -0.15) is 8.42 Å². The van der Waals surface area contributed by atoms with Gasteiger partial charge in [-0.15, -0.1) is 4.40 Å². The maximum Gasteiger partial charge on any atom is 0.344 e. The number of ether oxygens (including phenoxy) is 1. The first-order valence-corrected chi connectivity index (χ1v) is 9.79. The van der Waals surface area contributed by atoms with E-state index in [-0.39, 0.29) is 17.8 Å². The van der Waals surface area contributed by atoms with Crippen molar-refractivity contribution in [1.82, 2.24) is 4.90 Å². The molecule has 0 spiro atoms. The molecule has 3 N–H and O–H groups in total. The Hall–Kier alpha value is -2.29. The Morgan fingerprint density at radius 2 is 2.28 bits per heavy atom. The number of amides is 1. The molecule has 1 amide bonds. The Labute approximate surface area is 147 Å². The summed E-state index contributed by atoms with van der Waals surface area (Å²) >= 11 is 0. The van der Waals surface area contributed by atoms with E-state index in [1.807, 2.05) is 11.8 Å². The summed E-state index contributed by atoms with van der Waals surface area (Å²) in [6.07, 6.45) is 3.21. The molecular formula is C16H22N4O4S. The van der Waals surface area contributed by atoms with E-state index >= 15 is 0 Å². The molecule has 1 atom stereocenters. The number of nitrogens with zero attached hydrogens (tertiary/aromatic N) is 2. The van der Waals surface area contributed by atoms with Crippen LogP contribution in [0.2, 0.25) is 0 Å². The molecule has 9 heteroatoms.